The lowest BCUT2D eigenvalue weighted by Crippen LogP contribution is -2.49. The van der Waals surface area contributed by atoms with Crippen LogP contribution in [0, 0.1) is 6.92 Å². The summed E-state index contributed by atoms with van der Waals surface area (Å²) in [6.45, 7) is 3.46. The lowest BCUT2D eigenvalue weighted by atomic mass is 10.0. The molecule has 0 atom stereocenters. The molecule has 0 radical (unpaired) electrons. The Kier molecular flexibility index (Phi) is 8.12. The van der Waals surface area contributed by atoms with Crippen molar-refractivity contribution in [3.63, 3.8) is 0 Å². The maximum Gasteiger partial charge on any atom is 0.347 e. The number of nitrogens with two attached hydrogens (primary N) is 1. The van der Waals surface area contributed by atoms with Gasteiger partial charge in [0.2, 0.25) is 0 Å². The molecule has 1 aliphatic heterocycles. The molecule has 0 saturated carbocycles. The smallest absolute Gasteiger partial charge is 0.347 e. The van der Waals surface area contributed by atoms with Crippen LogP contribution in [-0.2, 0) is 11.3 Å². The van der Waals surface area contributed by atoms with Crippen molar-refractivity contribution in [2.24, 2.45) is 5.73 Å². The summed E-state index contributed by atoms with van der Waals surface area (Å²) < 4.78 is 6.78. The summed E-state index contributed by atoms with van der Waals surface area (Å²) in [7, 11) is 0. The summed E-state index contributed by atoms with van der Waals surface area (Å²) in [4.78, 5) is 44.1. The van der Waals surface area contributed by atoms with E-state index in [1.807, 2.05) is 60.4 Å². The van der Waals surface area contributed by atoms with E-state index in [1.54, 1.807) is 27.7 Å². The van der Waals surface area contributed by atoms with Crippen molar-refractivity contribution in [1.29, 1.82) is 0 Å². The summed E-state index contributed by atoms with van der Waals surface area (Å²) in [5, 5.41) is 1.44. The van der Waals surface area contributed by atoms with Gasteiger partial charge < -0.3 is 19.1 Å². The van der Waals surface area contributed by atoms with E-state index in [0.717, 1.165) is 16.5 Å². The number of benzene rings is 3. The van der Waals surface area contributed by atoms with Crippen LogP contribution in [0.5, 0.6) is 0 Å². The number of ether oxygens (including phenoxy) is 1. The first-order chi connectivity index (χ1) is 19.3. The molecule has 2 N–H and O–H groups in total. The number of amides is 1. The highest BCUT2D eigenvalue weighted by Crippen LogP contribution is 2.32. The maximum atomic E-state index is 14.0. The second kappa shape index (κ2) is 11.7. The van der Waals surface area contributed by atoms with Crippen molar-refractivity contribution < 1.29 is 14.3 Å². The lowest BCUT2D eigenvalue weighted by Gasteiger charge is -2.37. The predicted molar refractivity (Wildman–Crippen MR) is 158 cm³/mol. The van der Waals surface area contributed by atoms with Crippen molar-refractivity contribution in [2.45, 2.75) is 13.5 Å². The molecule has 10 heteroatoms. The van der Waals surface area contributed by atoms with Crippen LogP contribution in [0.1, 0.15) is 31.8 Å². The van der Waals surface area contributed by atoms with Crippen molar-refractivity contribution >= 4 is 51.7 Å². The van der Waals surface area contributed by atoms with Gasteiger partial charge in [-0.05, 0) is 42.8 Å². The predicted octanol–water partition coefficient (Wildman–Crippen LogP) is 4.70. The van der Waals surface area contributed by atoms with E-state index in [2.05, 4.69) is 0 Å². The zero-order valence-corrected chi connectivity index (χ0v) is 23.4. The Balaban J connectivity index is 1.56. The number of piperazine rings is 1. The molecule has 1 aliphatic rings. The average Bonchev–Trinajstić information content (AvgIpc) is 2.96. The minimum Gasteiger partial charge on any atom is -0.446 e. The van der Waals surface area contributed by atoms with Gasteiger partial charge in [-0.2, -0.15) is 0 Å². The van der Waals surface area contributed by atoms with E-state index < -0.39 is 11.5 Å². The van der Waals surface area contributed by atoms with Gasteiger partial charge in [0.1, 0.15) is 12.3 Å². The number of esters is 1. The number of nitrogens with zero attached hydrogens (tertiary/aromatic N) is 3. The largest absolute Gasteiger partial charge is 0.446 e. The van der Waals surface area contributed by atoms with Crippen LogP contribution in [0.15, 0.2) is 71.5 Å². The Morgan fingerprint density at radius 2 is 1.65 bits per heavy atom. The van der Waals surface area contributed by atoms with Gasteiger partial charge in [-0.25, -0.2) is 4.79 Å². The van der Waals surface area contributed by atoms with Crippen LogP contribution in [0.25, 0.3) is 10.9 Å². The highest BCUT2D eigenvalue weighted by atomic mass is 35.5. The van der Waals surface area contributed by atoms with Crippen LogP contribution in [-0.4, -0.2) is 54.3 Å². The molecule has 3 aromatic carbocycles. The fourth-order valence-electron chi connectivity index (χ4n) is 5.08. The van der Waals surface area contributed by atoms with E-state index >= 15 is 0 Å². The lowest BCUT2D eigenvalue weighted by molar-refractivity contribution is 0.0512. The molecule has 1 saturated heterocycles. The molecule has 1 amide bonds. The highest BCUT2D eigenvalue weighted by molar-refractivity contribution is 6.42. The molecule has 0 spiro atoms. The van der Waals surface area contributed by atoms with Gasteiger partial charge in [0, 0.05) is 37.1 Å². The molecule has 2 heterocycles. The van der Waals surface area contributed by atoms with Crippen LogP contribution >= 0.6 is 23.2 Å². The first kappa shape index (κ1) is 27.7. The first-order valence-electron chi connectivity index (χ1n) is 12.9. The van der Waals surface area contributed by atoms with E-state index in [4.69, 9.17) is 33.7 Å². The first-order valence-corrected chi connectivity index (χ1v) is 13.6. The van der Waals surface area contributed by atoms with Gasteiger partial charge in [-0.3, -0.25) is 15.3 Å². The number of hydrogen-bond acceptors (Lipinski definition) is 6. The molecule has 1 fully saturated rings. The molecule has 4 aromatic rings. The van der Waals surface area contributed by atoms with Crippen LogP contribution < -0.4 is 16.2 Å². The average molecular weight is 579 g/mol. The normalized spacial score (nSPS) is 13.5. The zero-order valence-electron chi connectivity index (χ0n) is 21.9. The van der Waals surface area contributed by atoms with E-state index in [-0.39, 0.29) is 24.7 Å². The minimum atomic E-state index is -0.776. The Morgan fingerprint density at radius 1 is 0.925 bits per heavy atom. The second-order valence-electron chi connectivity index (χ2n) is 9.63. The third-order valence-electron chi connectivity index (χ3n) is 7.05. The molecule has 8 nitrogen and oxygen atoms in total. The summed E-state index contributed by atoms with van der Waals surface area (Å²) in [5.41, 5.74) is 8.56. The van der Waals surface area contributed by atoms with Gasteiger partial charge in [-0.15, -0.1) is 0 Å². The van der Waals surface area contributed by atoms with Gasteiger partial charge in [-0.1, -0.05) is 65.2 Å². The van der Waals surface area contributed by atoms with Crippen LogP contribution in [0.4, 0.5) is 5.69 Å². The number of halogens is 2. The highest BCUT2D eigenvalue weighted by Gasteiger charge is 2.30. The van der Waals surface area contributed by atoms with Crippen molar-refractivity contribution in [3.05, 3.63) is 109 Å². The summed E-state index contributed by atoms with van der Waals surface area (Å²) in [6, 6.07) is 20.2. The van der Waals surface area contributed by atoms with Gasteiger partial charge in [0.15, 0.2) is 0 Å². The Labute approximate surface area is 241 Å². The van der Waals surface area contributed by atoms with Crippen molar-refractivity contribution in [2.75, 3.05) is 37.8 Å². The number of fused-ring (bicyclic) bond motifs is 1. The molecular weight excluding hydrogens is 551 g/mol. The zero-order chi connectivity index (χ0) is 28.4. The molecule has 1 aromatic heterocycles. The number of carbonyl (C=O) groups excluding carboxylic acids is 2. The number of aromatic nitrogens is 1. The molecule has 206 valence electrons. The van der Waals surface area contributed by atoms with E-state index in [0.29, 0.717) is 53.0 Å². The SMILES string of the molecule is Cc1ccc2c(c1)c(N1CCN(C(=O)c3ccc(Cl)c(Cl)c3)CC1)c(C(=O)OCN)c(=O)n2Cc1ccccc1. The molecule has 0 unspecified atom stereocenters. The Hall–Kier alpha value is -3.85. The number of hydrogen-bond donors (Lipinski definition) is 1. The fraction of sp³-hybridized carbons (Fsp3) is 0.233. The van der Waals surface area contributed by atoms with Gasteiger partial charge >= 0.3 is 5.97 Å². The standard InChI is InChI=1S/C30H28Cl2N4O4/c1-19-7-10-25-22(15-19)27(26(30(39)40-18-33)29(38)36(25)17-20-5-3-2-4-6-20)34-11-13-35(14-12-34)28(37)21-8-9-23(31)24(32)16-21/h2-10,15-16H,11-14,17-18,33H2,1H3. The molecule has 40 heavy (non-hydrogen) atoms. The maximum absolute atomic E-state index is 14.0. The van der Waals surface area contributed by atoms with Crippen LogP contribution in [0.2, 0.25) is 10.0 Å². The van der Waals surface area contributed by atoms with Gasteiger partial charge in [0.25, 0.3) is 11.5 Å². The minimum absolute atomic E-state index is 0.0660. The molecule has 0 bridgehead atoms. The summed E-state index contributed by atoms with van der Waals surface area (Å²) in [6.07, 6.45) is 0. The second-order valence-corrected chi connectivity index (χ2v) is 10.4. The summed E-state index contributed by atoms with van der Waals surface area (Å²) >= 11 is 12.1. The Bertz CT molecular complexity index is 1650. The number of pyridine rings is 1. The third-order valence-corrected chi connectivity index (χ3v) is 7.78. The van der Waals surface area contributed by atoms with E-state index in [9.17, 15) is 14.4 Å². The summed E-state index contributed by atoms with van der Waals surface area (Å²) in [5.74, 6) is -0.943. The third kappa shape index (κ3) is 5.43. The number of anilines is 1. The van der Waals surface area contributed by atoms with Crippen molar-refractivity contribution in [1.82, 2.24) is 9.47 Å². The number of carbonyl (C=O) groups is 2. The van der Waals surface area contributed by atoms with Gasteiger partial charge in [0.05, 0.1) is 27.8 Å². The van der Waals surface area contributed by atoms with Crippen LogP contribution in [0.3, 0.4) is 0 Å². The molecule has 0 aliphatic carbocycles. The monoisotopic (exact) mass is 578 g/mol. The number of rotatable bonds is 6. The topological polar surface area (TPSA) is 97.9 Å². The Morgan fingerprint density at radius 3 is 2.33 bits per heavy atom. The molecule has 5 rings (SSSR count). The molecular formula is C30H28Cl2N4O4. The van der Waals surface area contributed by atoms with Crippen molar-refractivity contribution in [3.8, 4) is 0 Å². The number of aryl methyl sites for hydroxylation is 1. The quantitative estimate of drug-likeness (QED) is 0.263. The van der Waals surface area contributed by atoms with E-state index in [1.165, 1.54) is 0 Å². The fourth-order valence-corrected chi connectivity index (χ4v) is 5.38.